The molecule has 0 spiro atoms. The molecule has 0 aliphatic heterocycles. The van der Waals surface area contributed by atoms with Gasteiger partial charge in [0.1, 0.15) is 5.75 Å². The fourth-order valence-electron chi connectivity index (χ4n) is 3.22. The summed E-state index contributed by atoms with van der Waals surface area (Å²) in [5.41, 5.74) is 1.90. The number of para-hydroxylation sites is 1. The third-order valence-corrected chi connectivity index (χ3v) is 5.94. The number of thioether (sulfide) groups is 1. The Morgan fingerprint density at radius 2 is 1.91 bits per heavy atom. The van der Waals surface area contributed by atoms with Crippen LogP contribution in [0.2, 0.25) is 5.02 Å². The summed E-state index contributed by atoms with van der Waals surface area (Å²) in [5, 5.41) is 4.32. The van der Waals surface area contributed by atoms with Crippen molar-refractivity contribution < 1.29 is 9.53 Å². The first-order valence-electron chi connectivity index (χ1n) is 9.85. The van der Waals surface area contributed by atoms with Crippen molar-refractivity contribution in [2.45, 2.75) is 11.7 Å². The van der Waals surface area contributed by atoms with Gasteiger partial charge in [-0.15, -0.1) is 0 Å². The Morgan fingerprint density at radius 3 is 2.72 bits per heavy atom. The third-order valence-electron chi connectivity index (χ3n) is 4.77. The largest absolute Gasteiger partial charge is 0.497 e. The van der Waals surface area contributed by atoms with E-state index in [0.717, 1.165) is 11.3 Å². The summed E-state index contributed by atoms with van der Waals surface area (Å²) in [4.78, 5) is 30.4. The second-order valence-corrected chi connectivity index (χ2v) is 8.33. The number of hydrogen-bond acceptors (Lipinski definition) is 5. The first-order valence-corrected chi connectivity index (χ1v) is 11.2. The highest BCUT2D eigenvalue weighted by Gasteiger charge is 2.15. The van der Waals surface area contributed by atoms with Crippen molar-refractivity contribution in [2.24, 2.45) is 0 Å². The molecular formula is C24H20ClN3O3S. The number of rotatable bonds is 7. The van der Waals surface area contributed by atoms with Gasteiger partial charge >= 0.3 is 0 Å². The van der Waals surface area contributed by atoms with Crippen LogP contribution in [-0.4, -0.2) is 28.3 Å². The van der Waals surface area contributed by atoms with Crippen molar-refractivity contribution in [3.05, 3.63) is 93.7 Å². The molecule has 0 aliphatic carbocycles. The molecule has 0 aliphatic rings. The van der Waals surface area contributed by atoms with Crippen LogP contribution in [0.15, 0.2) is 82.7 Å². The lowest BCUT2D eigenvalue weighted by atomic mass is 10.2. The minimum absolute atomic E-state index is 0.106. The van der Waals surface area contributed by atoms with Crippen LogP contribution in [-0.2, 0) is 11.3 Å². The predicted octanol–water partition coefficient (Wildman–Crippen LogP) is 4.46. The van der Waals surface area contributed by atoms with Gasteiger partial charge in [-0.25, -0.2) is 4.98 Å². The zero-order chi connectivity index (χ0) is 22.5. The Kier molecular flexibility index (Phi) is 6.78. The van der Waals surface area contributed by atoms with Crippen LogP contribution in [0, 0.1) is 0 Å². The average molecular weight is 466 g/mol. The van der Waals surface area contributed by atoms with Crippen molar-refractivity contribution in [1.82, 2.24) is 14.9 Å². The maximum atomic E-state index is 13.2. The van der Waals surface area contributed by atoms with Crippen LogP contribution >= 0.6 is 23.4 Å². The summed E-state index contributed by atoms with van der Waals surface area (Å²) >= 11 is 7.35. The second kappa shape index (κ2) is 9.89. The topological polar surface area (TPSA) is 73.2 Å². The number of aromatic nitrogens is 2. The van der Waals surface area contributed by atoms with E-state index in [4.69, 9.17) is 16.3 Å². The van der Waals surface area contributed by atoms with E-state index in [1.165, 1.54) is 16.3 Å². The normalized spacial score (nSPS) is 10.8. The Labute approximate surface area is 194 Å². The quantitative estimate of drug-likeness (QED) is 0.322. The maximum absolute atomic E-state index is 13.2. The van der Waals surface area contributed by atoms with Crippen molar-refractivity contribution in [1.29, 1.82) is 0 Å². The highest BCUT2D eigenvalue weighted by atomic mass is 35.5. The third kappa shape index (κ3) is 4.95. The van der Waals surface area contributed by atoms with Crippen LogP contribution in [0.3, 0.4) is 0 Å². The standard InChI is InChI=1S/C24H20ClN3O3S/c1-31-19-9-4-6-16(12-19)14-26-22(29)15-32-24-27-21-11-3-2-10-20(21)23(30)28(24)18-8-5-7-17(25)13-18/h2-13H,14-15H2,1H3,(H,26,29). The lowest BCUT2D eigenvalue weighted by Crippen LogP contribution is -2.26. The summed E-state index contributed by atoms with van der Waals surface area (Å²) in [5.74, 6) is 0.671. The van der Waals surface area contributed by atoms with Crippen molar-refractivity contribution in [2.75, 3.05) is 12.9 Å². The van der Waals surface area contributed by atoms with E-state index < -0.39 is 0 Å². The number of benzene rings is 3. The molecule has 32 heavy (non-hydrogen) atoms. The number of carbonyl (C=O) groups excluding carboxylic acids is 1. The van der Waals surface area contributed by atoms with Crippen LogP contribution < -0.4 is 15.6 Å². The van der Waals surface area contributed by atoms with Gasteiger partial charge in [-0.3, -0.25) is 14.2 Å². The van der Waals surface area contributed by atoms with Gasteiger partial charge < -0.3 is 10.1 Å². The molecule has 0 unspecified atom stereocenters. The first-order chi connectivity index (χ1) is 15.5. The van der Waals surface area contributed by atoms with Crippen molar-refractivity contribution >= 4 is 40.2 Å². The van der Waals surface area contributed by atoms with Gasteiger partial charge in [0.2, 0.25) is 5.91 Å². The van der Waals surface area contributed by atoms with E-state index >= 15 is 0 Å². The van der Waals surface area contributed by atoms with E-state index in [2.05, 4.69) is 10.3 Å². The van der Waals surface area contributed by atoms with Crippen molar-refractivity contribution in [3.8, 4) is 11.4 Å². The van der Waals surface area contributed by atoms with Gasteiger partial charge in [-0.2, -0.15) is 0 Å². The molecule has 0 atom stereocenters. The van der Waals surface area contributed by atoms with Gasteiger partial charge in [0.05, 0.1) is 29.5 Å². The zero-order valence-corrected chi connectivity index (χ0v) is 18.8. The lowest BCUT2D eigenvalue weighted by molar-refractivity contribution is -0.118. The fourth-order valence-corrected chi connectivity index (χ4v) is 4.24. The number of nitrogens with one attached hydrogen (secondary N) is 1. The van der Waals surface area contributed by atoms with Gasteiger partial charge in [0.25, 0.3) is 5.56 Å². The summed E-state index contributed by atoms with van der Waals surface area (Å²) < 4.78 is 6.70. The molecule has 0 saturated carbocycles. The first kappa shape index (κ1) is 21.9. The summed E-state index contributed by atoms with van der Waals surface area (Å²) in [6, 6.07) is 21.7. The molecule has 1 amide bonds. The van der Waals surface area contributed by atoms with Gasteiger partial charge in [-0.1, -0.05) is 53.7 Å². The van der Waals surface area contributed by atoms with E-state index in [-0.39, 0.29) is 17.2 Å². The zero-order valence-electron chi connectivity index (χ0n) is 17.2. The second-order valence-electron chi connectivity index (χ2n) is 6.95. The molecule has 162 valence electrons. The highest BCUT2D eigenvalue weighted by Crippen LogP contribution is 2.23. The summed E-state index contributed by atoms with van der Waals surface area (Å²) in [6.45, 7) is 0.378. The lowest BCUT2D eigenvalue weighted by Gasteiger charge is -2.13. The van der Waals surface area contributed by atoms with Gasteiger partial charge in [0.15, 0.2) is 5.16 Å². The molecule has 1 heterocycles. The number of amides is 1. The number of fused-ring (bicyclic) bond motifs is 1. The van der Waals surface area contributed by atoms with Crippen LogP contribution in [0.4, 0.5) is 0 Å². The maximum Gasteiger partial charge on any atom is 0.266 e. The number of methoxy groups -OCH3 is 1. The van der Waals surface area contributed by atoms with Crippen LogP contribution in [0.5, 0.6) is 5.75 Å². The Morgan fingerprint density at radius 1 is 1.09 bits per heavy atom. The monoisotopic (exact) mass is 465 g/mol. The van der Waals surface area contributed by atoms with E-state index in [1.54, 1.807) is 49.6 Å². The SMILES string of the molecule is COc1cccc(CNC(=O)CSc2nc3ccccc3c(=O)n2-c2cccc(Cl)c2)c1. The fraction of sp³-hybridized carbons (Fsp3) is 0.125. The van der Waals surface area contributed by atoms with Gasteiger partial charge in [0, 0.05) is 11.6 Å². The average Bonchev–Trinajstić information content (AvgIpc) is 2.81. The van der Waals surface area contributed by atoms with E-state index in [1.807, 2.05) is 30.3 Å². The predicted molar refractivity (Wildman–Crippen MR) is 128 cm³/mol. The van der Waals surface area contributed by atoms with Crippen LogP contribution in [0.1, 0.15) is 5.56 Å². The minimum atomic E-state index is -0.211. The summed E-state index contributed by atoms with van der Waals surface area (Å²) in [6.07, 6.45) is 0. The van der Waals surface area contributed by atoms with E-state index in [0.29, 0.717) is 33.3 Å². The molecule has 4 aromatic rings. The highest BCUT2D eigenvalue weighted by molar-refractivity contribution is 7.99. The number of hydrogen-bond donors (Lipinski definition) is 1. The minimum Gasteiger partial charge on any atom is -0.497 e. The molecule has 0 fully saturated rings. The molecule has 1 aromatic heterocycles. The summed E-state index contributed by atoms with van der Waals surface area (Å²) in [7, 11) is 1.60. The number of halogens is 1. The number of nitrogens with zero attached hydrogens (tertiary/aromatic N) is 2. The molecule has 4 rings (SSSR count). The van der Waals surface area contributed by atoms with E-state index in [9.17, 15) is 9.59 Å². The number of carbonyl (C=O) groups is 1. The molecule has 0 saturated heterocycles. The van der Waals surface area contributed by atoms with Crippen molar-refractivity contribution in [3.63, 3.8) is 0 Å². The smallest absolute Gasteiger partial charge is 0.266 e. The number of ether oxygens (including phenoxy) is 1. The molecule has 3 aromatic carbocycles. The Bertz CT molecular complexity index is 1340. The molecular weight excluding hydrogens is 446 g/mol. The van der Waals surface area contributed by atoms with Gasteiger partial charge in [-0.05, 0) is 48.0 Å². The Balaban J connectivity index is 1.57. The van der Waals surface area contributed by atoms with Crippen LogP contribution in [0.25, 0.3) is 16.6 Å². The molecule has 0 bridgehead atoms. The molecule has 0 radical (unpaired) electrons. The molecule has 1 N–H and O–H groups in total. The molecule has 6 nitrogen and oxygen atoms in total. The molecule has 8 heteroatoms. The Hall–Kier alpha value is -3.29.